The van der Waals surface area contributed by atoms with Gasteiger partial charge >= 0.3 is 0 Å². The minimum atomic E-state index is -0.0515. The molecule has 2 aromatic rings. The number of carbonyl (C=O) groups is 2. The van der Waals surface area contributed by atoms with E-state index in [4.69, 9.17) is 4.74 Å². The second-order valence-corrected chi connectivity index (χ2v) is 9.23. The van der Waals surface area contributed by atoms with E-state index in [1.807, 2.05) is 41.5 Å². The number of nitrogens with one attached hydrogen (secondary N) is 1. The van der Waals surface area contributed by atoms with Crippen molar-refractivity contribution in [3.8, 4) is 0 Å². The molecule has 166 valence electrons. The molecule has 2 amide bonds. The van der Waals surface area contributed by atoms with Crippen LogP contribution in [0.4, 0.5) is 5.69 Å². The Morgan fingerprint density at radius 2 is 2.03 bits per heavy atom. The van der Waals surface area contributed by atoms with Crippen molar-refractivity contribution in [1.82, 2.24) is 14.8 Å². The van der Waals surface area contributed by atoms with Gasteiger partial charge in [-0.15, -0.1) is 11.3 Å². The fourth-order valence-corrected chi connectivity index (χ4v) is 5.00. The predicted molar refractivity (Wildman–Crippen MR) is 121 cm³/mol. The minimum Gasteiger partial charge on any atom is -0.378 e. The van der Waals surface area contributed by atoms with Gasteiger partial charge < -0.3 is 15.0 Å². The zero-order chi connectivity index (χ0) is 21.6. The van der Waals surface area contributed by atoms with Crippen LogP contribution in [0.1, 0.15) is 29.1 Å². The maximum Gasteiger partial charge on any atom is 0.231 e. The van der Waals surface area contributed by atoms with Gasteiger partial charge in [-0.25, -0.2) is 4.98 Å². The van der Waals surface area contributed by atoms with Gasteiger partial charge in [0.1, 0.15) is 5.01 Å². The Balaban J connectivity index is 1.28. The summed E-state index contributed by atoms with van der Waals surface area (Å²) in [6.45, 7) is 7.15. The highest BCUT2D eigenvalue weighted by Gasteiger charge is 2.30. The molecular formula is C23H30N4O3S. The number of thiazole rings is 1. The Morgan fingerprint density at radius 1 is 1.23 bits per heavy atom. The number of likely N-dealkylation sites (tertiary alicyclic amines) is 1. The monoisotopic (exact) mass is 442 g/mol. The number of piperidine rings is 1. The number of aryl methyl sites for hydroxylation is 1. The van der Waals surface area contributed by atoms with Crippen molar-refractivity contribution in [2.75, 3.05) is 44.7 Å². The molecule has 7 nitrogen and oxygen atoms in total. The molecule has 0 aliphatic carbocycles. The number of carbonyl (C=O) groups excluding carboxylic acids is 2. The summed E-state index contributed by atoms with van der Waals surface area (Å²) in [6.07, 6.45) is 2.25. The lowest BCUT2D eigenvalue weighted by atomic mass is 9.96. The lowest BCUT2D eigenvalue weighted by Gasteiger charge is -2.36. The Morgan fingerprint density at radius 3 is 2.84 bits per heavy atom. The normalized spacial score (nSPS) is 19.9. The van der Waals surface area contributed by atoms with E-state index >= 15 is 0 Å². The maximum absolute atomic E-state index is 12.8. The first-order valence-electron chi connectivity index (χ1n) is 11.0. The fraction of sp³-hybridized carbons (Fsp3) is 0.522. The van der Waals surface area contributed by atoms with Crippen molar-refractivity contribution < 1.29 is 14.3 Å². The van der Waals surface area contributed by atoms with Crippen molar-refractivity contribution in [3.63, 3.8) is 0 Å². The van der Waals surface area contributed by atoms with E-state index in [0.717, 1.165) is 54.4 Å². The number of aromatic nitrogens is 1. The molecule has 3 heterocycles. The first-order valence-corrected chi connectivity index (χ1v) is 11.8. The average molecular weight is 443 g/mol. The summed E-state index contributed by atoms with van der Waals surface area (Å²) in [5.41, 5.74) is 2.86. The van der Waals surface area contributed by atoms with E-state index in [9.17, 15) is 9.59 Å². The van der Waals surface area contributed by atoms with Gasteiger partial charge in [-0.05, 0) is 37.9 Å². The third-order valence-electron chi connectivity index (χ3n) is 5.89. The molecule has 0 bridgehead atoms. The van der Waals surface area contributed by atoms with Crippen LogP contribution in [0.5, 0.6) is 0 Å². The fourth-order valence-electron chi connectivity index (χ4n) is 4.22. The molecule has 1 atom stereocenters. The molecular weight excluding hydrogens is 412 g/mol. The standard InChI is InChI=1S/C23H30N4O3S/c1-17-5-2-3-7-20(17)25-21(28)13-22-24-19(16-31-22)15-26-8-4-6-18(14-26)23(29)27-9-11-30-12-10-27/h2-3,5,7,16,18H,4,6,8-15H2,1H3,(H,25,28). The summed E-state index contributed by atoms with van der Waals surface area (Å²) in [4.78, 5) is 34.2. The Labute approximate surface area is 187 Å². The van der Waals surface area contributed by atoms with Gasteiger partial charge in [0.15, 0.2) is 0 Å². The van der Waals surface area contributed by atoms with Crippen LogP contribution in [0.2, 0.25) is 0 Å². The minimum absolute atomic E-state index is 0.0515. The van der Waals surface area contributed by atoms with Gasteiger partial charge in [-0.2, -0.15) is 0 Å². The zero-order valence-electron chi connectivity index (χ0n) is 18.0. The molecule has 1 aromatic carbocycles. The summed E-state index contributed by atoms with van der Waals surface area (Å²) in [7, 11) is 0. The van der Waals surface area contributed by atoms with Crippen molar-refractivity contribution in [2.45, 2.75) is 32.7 Å². The number of morpholine rings is 1. The summed E-state index contributed by atoms with van der Waals surface area (Å²) in [5.74, 6) is 0.272. The number of para-hydroxylation sites is 1. The molecule has 8 heteroatoms. The summed E-state index contributed by atoms with van der Waals surface area (Å²) in [5, 5.41) is 5.82. The van der Waals surface area contributed by atoms with Gasteiger partial charge in [-0.3, -0.25) is 14.5 Å². The lowest BCUT2D eigenvalue weighted by Crippen LogP contribution is -2.48. The maximum atomic E-state index is 12.8. The summed E-state index contributed by atoms with van der Waals surface area (Å²) >= 11 is 1.52. The quantitative estimate of drug-likeness (QED) is 0.745. The molecule has 1 unspecified atom stereocenters. The molecule has 31 heavy (non-hydrogen) atoms. The van der Waals surface area contributed by atoms with Crippen LogP contribution in [-0.2, 0) is 27.3 Å². The second kappa shape index (κ2) is 10.3. The highest BCUT2D eigenvalue weighted by molar-refractivity contribution is 7.09. The van der Waals surface area contributed by atoms with E-state index in [-0.39, 0.29) is 24.2 Å². The van der Waals surface area contributed by atoms with E-state index in [2.05, 4.69) is 15.2 Å². The van der Waals surface area contributed by atoms with Crippen LogP contribution in [-0.4, -0.2) is 66.0 Å². The first kappa shape index (κ1) is 21.9. The van der Waals surface area contributed by atoms with Crippen LogP contribution < -0.4 is 5.32 Å². The molecule has 4 rings (SSSR count). The van der Waals surface area contributed by atoms with E-state index in [1.54, 1.807) is 0 Å². The third-order valence-corrected chi connectivity index (χ3v) is 6.79. The highest BCUT2D eigenvalue weighted by Crippen LogP contribution is 2.22. The van der Waals surface area contributed by atoms with E-state index in [0.29, 0.717) is 26.3 Å². The molecule has 0 spiro atoms. The van der Waals surface area contributed by atoms with Crippen molar-refractivity contribution in [3.05, 3.63) is 45.9 Å². The van der Waals surface area contributed by atoms with Gasteiger partial charge in [0.2, 0.25) is 11.8 Å². The number of benzene rings is 1. The van der Waals surface area contributed by atoms with Crippen LogP contribution in [0.25, 0.3) is 0 Å². The SMILES string of the molecule is Cc1ccccc1NC(=O)Cc1nc(CN2CCCC(C(=O)N3CCOCC3)C2)cs1. The Kier molecular flexibility index (Phi) is 7.32. The second-order valence-electron chi connectivity index (χ2n) is 8.28. The summed E-state index contributed by atoms with van der Waals surface area (Å²) < 4.78 is 5.37. The molecule has 2 fully saturated rings. The number of rotatable bonds is 6. The first-order chi connectivity index (χ1) is 15.1. The van der Waals surface area contributed by atoms with Gasteiger partial charge in [0, 0.05) is 37.2 Å². The number of nitrogens with zero attached hydrogens (tertiary/aromatic N) is 3. The molecule has 1 N–H and O–H groups in total. The number of hydrogen-bond acceptors (Lipinski definition) is 6. The van der Waals surface area contributed by atoms with Crippen LogP contribution >= 0.6 is 11.3 Å². The van der Waals surface area contributed by atoms with Crippen molar-refractivity contribution in [1.29, 1.82) is 0 Å². The predicted octanol–water partition coefficient (Wildman–Crippen LogP) is 2.70. The smallest absolute Gasteiger partial charge is 0.231 e. The van der Waals surface area contributed by atoms with E-state index < -0.39 is 0 Å². The van der Waals surface area contributed by atoms with E-state index in [1.165, 1.54) is 11.3 Å². The lowest BCUT2D eigenvalue weighted by molar-refractivity contribution is -0.141. The number of anilines is 1. The molecule has 2 saturated heterocycles. The van der Waals surface area contributed by atoms with Crippen molar-refractivity contribution in [2.24, 2.45) is 5.92 Å². The number of hydrogen-bond donors (Lipinski definition) is 1. The topological polar surface area (TPSA) is 74.8 Å². The Hall–Kier alpha value is -2.29. The largest absolute Gasteiger partial charge is 0.378 e. The third kappa shape index (κ3) is 5.90. The van der Waals surface area contributed by atoms with Crippen LogP contribution in [0.3, 0.4) is 0 Å². The van der Waals surface area contributed by atoms with Gasteiger partial charge in [0.25, 0.3) is 0 Å². The van der Waals surface area contributed by atoms with Gasteiger partial charge in [-0.1, -0.05) is 18.2 Å². The number of ether oxygens (including phenoxy) is 1. The molecule has 0 saturated carbocycles. The molecule has 1 aromatic heterocycles. The average Bonchev–Trinajstić information content (AvgIpc) is 3.22. The van der Waals surface area contributed by atoms with Crippen molar-refractivity contribution >= 4 is 28.8 Å². The zero-order valence-corrected chi connectivity index (χ0v) is 18.8. The molecule has 0 radical (unpaired) electrons. The van der Waals surface area contributed by atoms with Crippen LogP contribution in [0.15, 0.2) is 29.6 Å². The number of amides is 2. The molecule has 2 aliphatic rings. The molecule has 2 aliphatic heterocycles. The van der Waals surface area contributed by atoms with Gasteiger partial charge in [0.05, 0.1) is 31.2 Å². The Bertz CT molecular complexity index is 910. The van der Waals surface area contributed by atoms with Crippen LogP contribution in [0, 0.1) is 12.8 Å². The summed E-state index contributed by atoms with van der Waals surface area (Å²) in [6, 6.07) is 7.76. The highest BCUT2D eigenvalue weighted by atomic mass is 32.1.